The molecule has 0 saturated carbocycles. The maximum absolute atomic E-state index is 12.9. The number of amides is 2. The van der Waals surface area contributed by atoms with E-state index in [-0.39, 0.29) is 30.2 Å². The molecule has 2 amide bonds. The molecule has 0 fully saturated rings. The second-order valence-corrected chi connectivity index (χ2v) is 7.10. The first-order valence-corrected chi connectivity index (χ1v) is 9.29. The lowest BCUT2D eigenvalue weighted by atomic mass is 10.1. The molecule has 1 unspecified atom stereocenters. The Hall–Kier alpha value is -2.80. The van der Waals surface area contributed by atoms with Gasteiger partial charge in [-0.1, -0.05) is 13.0 Å². The van der Waals surface area contributed by atoms with Gasteiger partial charge >= 0.3 is 0 Å². The minimum absolute atomic E-state index is 0.0417. The summed E-state index contributed by atoms with van der Waals surface area (Å²) in [6.45, 7) is 3.82. The zero-order valence-corrected chi connectivity index (χ0v) is 15.5. The fraction of sp³-hybridized carbons (Fsp3) is 0.263. The van der Waals surface area contributed by atoms with Gasteiger partial charge in [-0.05, 0) is 43.0 Å². The number of anilines is 2. The van der Waals surface area contributed by atoms with Crippen molar-refractivity contribution >= 4 is 40.6 Å². The quantitative estimate of drug-likeness (QED) is 0.625. The summed E-state index contributed by atoms with van der Waals surface area (Å²) in [4.78, 5) is 27.6. The van der Waals surface area contributed by atoms with Gasteiger partial charge in [-0.2, -0.15) is 0 Å². The molecular weight excluding hydrogens is 350 g/mol. The van der Waals surface area contributed by atoms with Gasteiger partial charge in [0.15, 0.2) is 11.5 Å². The fourth-order valence-electron chi connectivity index (χ4n) is 2.55. The van der Waals surface area contributed by atoms with Gasteiger partial charge in [0.1, 0.15) is 6.54 Å². The van der Waals surface area contributed by atoms with Crippen molar-refractivity contribution in [3.63, 3.8) is 0 Å². The Morgan fingerprint density at radius 3 is 2.92 bits per heavy atom. The summed E-state index contributed by atoms with van der Waals surface area (Å²) in [6.07, 6.45) is 2.50. The van der Waals surface area contributed by atoms with Crippen LogP contribution in [0.15, 0.2) is 41.5 Å². The molecule has 0 spiro atoms. The number of nitrogens with one attached hydrogen (secondary N) is 1. The third kappa shape index (κ3) is 3.88. The van der Waals surface area contributed by atoms with Crippen molar-refractivity contribution < 1.29 is 14.3 Å². The van der Waals surface area contributed by atoms with Gasteiger partial charge < -0.3 is 15.8 Å². The summed E-state index contributed by atoms with van der Waals surface area (Å²) in [5.74, 6) is 0.0910. The van der Waals surface area contributed by atoms with Crippen molar-refractivity contribution in [2.45, 2.75) is 26.3 Å². The Bertz CT molecular complexity index is 846. The van der Waals surface area contributed by atoms with E-state index in [0.717, 1.165) is 11.3 Å². The molecule has 7 heteroatoms. The normalized spacial score (nSPS) is 16.2. The lowest BCUT2D eigenvalue weighted by molar-refractivity contribution is -0.123. The molecule has 2 aromatic rings. The topological polar surface area (TPSA) is 84.7 Å². The van der Waals surface area contributed by atoms with E-state index in [2.05, 4.69) is 5.32 Å². The van der Waals surface area contributed by atoms with E-state index < -0.39 is 0 Å². The van der Waals surface area contributed by atoms with E-state index in [4.69, 9.17) is 10.5 Å². The molecule has 1 aliphatic heterocycles. The van der Waals surface area contributed by atoms with E-state index in [1.54, 1.807) is 24.3 Å². The minimum atomic E-state index is -0.365. The molecule has 26 heavy (non-hydrogen) atoms. The Kier molecular flexibility index (Phi) is 5.27. The van der Waals surface area contributed by atoms with Crippen LogP contribution in [0.2, 0.25) is 0 Å². The van der Waals surface area contributed by atoms with Crippen molar-refractivity contribution in [2.24, 2.45) is 0 Å². The number of ether oxygens (including phenoxy) is 1. The molecule has 0 bridgehead atoms. The predicted molar refractivity (Wildman–Crippen MR) is 104 cm³/mol. The van der Waals surface area contributed by atoms with E-state index >= 15 is 0 Å². The molecule has 6 nitrogen and oxygen atoms in total. The molecule has 1 aromatic carbocycles. The van der Waals surface area contributed by atoms with Crippen LogP contribution in [0.4, 0.5) is 11.4 Å². The van der Waals surface area contributed by atoms with Crippen LogP contribution in [-0.2, 0) is 9.59 Å². The highest BCUT2D eigenvalue weighted by atomic mass is 32.1. The van der Waals surface area contributed by atoms with E-state index in [0.29, 0.717) is 17.1 Å². The highest BCUT2D eigenvalue weighted by molar-refractivity contribution is 7.10. The zero-order valence-electron chi connectivity index (χ0n) is 14.7. The SMILES string of the molecule is CCC(C)NC(=O)CN1C(=O)/C(=C\c2cccs2)Oc2ccc(N)cc21. The standard InChI is InChI=1S/C19H21N3O3S/c1-3-12(2)21-18(23)11-22-15-9-13(20)6-7-16(15)25-17(19(22)24)10-14-5-4-8-26-14/h4-10,12H,3,11,20H2,1-2H3,(H,21,23)/b17-10+. The third-order valence-corrected chi connectivity index (χ3v) is 4.91. The molecule has 3 rings (SSSR count). The molecular formula is C19H21N3O3S. The largest absolute Gasteiger partial charge is 0.449 e. The number of nitrogen functional groups attached to an aromatic ring is 1. The summed E-state index contributed by atoms with van der Waals surface area (Å²) >= 11 is 1.50. The van der Waals surface area contributed by atoms with Crippen molar-refractivity contribution in [1.29, 1.82) is 0 Å². The van der Waals surface area contributed by atoms with Crippen LogP contribution in [0.3, 0.4) is 0 Å². The van der Waals surface area contributed by atoms with Gasteiger partial charge in [0.25, 0.3) is 5.91 Å². The monoisotopic (exact) mass is 371 g/mol. The highest BCUT2D eigenvalue weighted by Gasteiger charge is 2.32. The van der Waals surface area contributed by atoms with Crippen LogP contribution in [0.1, 0.15) is 25.1 Å². The van der Waals surface area contributed by atoms with Gasteiger partial charge in [-0.3, -0.25) is 14.5 Å². The van der Waals surface area contributed by atoms with E-state index in [1.807, 2.05) is 31.4 Å². The molecule has 1 aliphatic rings. The third-order valence-electron chi connectivity index (χ3n) is 4.09. The number of fused-ring (bicyclic) bond motifs is 1. The molecule has 1 atom stereocenters. The molecule has 3 N–H and O–H groups in total. The number of hydrogen-bond donors (Lipinski definition) is 2. The minimum Gasteiger partial charge on any atom is -0.449 e. The van der Waals surface area contributed by atoms with Crippen LogP contribution < -0.4 is 20.7 Å². The maximum Gasteiger partial charge on any atom is 0.294 e. The number of nitrogens with two attached hydrogens (primary N) is 1. The number of rotatable bonds is 5. The Morgan fingerprint density at radius 1 is 1.42 bits per heavy atom. The van der Waals surface area contributed by atoms with Gasteiger partial charge in [-0.25, -0.2) is 0 Å². The van der Waals surface area contributed by atoms with Crippen molar-refractivity contribution in [1.82, 2.24) is 5.32 Å². The summed E-state index contributed by atoms with van der Waals surface area (Å²) < 4.78 is 5.78. The summed E-state index contributed by atoms with van der Waals surface area (Å²) in [5.41, 5.74) is 6.86. The second kappa shape index (κ2) is 7.61. The maximum atomic E-state index is 12.9. The molecule has 0 saturated heterocycles. The molecule has 0 aliphatic carbocycles. The predicted octanol–water partition coefficient (Wildman–Crippen LogP) is 3.01. The van der Waals surface area contributed by atoms with Gasteiger partial charge in [0.2, 0.25) is 5.91 Å². The molecule has 136 valence electrons. The van der Waals surface area contributed by atoms with Crippen LogP contribution >= 0.6 is 11.3 Å². The second-order valence-electron chi connectivity index (χ2n) is 6.12. The number of benzene rings is 1. The van der Waals surface area contributed by atoms with Crippen LogP contribution in [0, 0.1) is 0 Å². The number of nitrogens with zero attached hydrogens (tertiary/aromatic N) is 1. The van der Waals surface area contributed by atoms with Crippen LogP contribution in [-0.4, -0.2) is 24.4 Å². The Balaban J connectivity index is 1.93. The fourth-order valence-corrected chi connectivity index (χ4v) is 3.20. The number of carbonyl (C=O) groups excluding carboxylic acids is 2. The smallest absolute Gasteiger partial charge is 0.294 e. The average molecular weight is 371 g/mol. The number of thiophene rings is 1. The molecule has 1 aromatic heterocycles. The molecule has 2 heterocycles. The summed E-state index contributed by atoms with van der Waals surface area (Å²) in [5, 5.41) is 4.80. The van der Waals surface area contributed by atoms with E-state index in [9.17, 15) is 9.59 Å². The van der Waals surface area contributed by atoms with Gasteiger partial charge in [0, 0.05) is 22.7 Å². The summed E-state index contributed by atoms with van der Waals surface area (Å²) in [7, 11) is 0. The Morgan fingerprint density at radius 2 is 2.23 bits per heavy atom. The zero-order chi connectivity index (χ0) is 18.7. The van der Waals surface area contributed by atoms with Crippen LogP contribution in [0.25, 0.3) is 6.08 Å². The van der Waals surface area contributed by atoms with E-state index in [1.165, 1.54) is 16.2 Å². The molecule has 0 radical (unpaired) electrons. The first-order chi connectivity index (χ1) is 12.5. The lowest BCUT2D eigenvalue weighted by Crippen LogP contribution is -2.46. The van der Waals surface area contributed by atoms with Crippen LogP contribution in [0.5, 0.6) is 5.75 Å². The van der Waals surface area contributed by atoms with Gasteiger partial charge in [0.05, 0.1) is 5.69 Å². The first-order valence-electron chi connectivity index (χ1n) is 8.41. The van der Waals surface area contributed by atoms with Gasteiger partial charge in [-0.15, -0.1) is 11.3 Å². The highest BCUT2D eigenvalue weighted by Crippen LogP contribution is 2.37. The summed E-state index contributed by atoms with van der Waals surface area (Å²) in [6, 6.07) is 8.89. The van der Waals surface area contributed by atoms with Crippen molar-refractivity contribution in [3.8, 4) is 5.75 Å². The number of carbonyl (C=O) groups is 2. The van der Waals surface area contributed by atoms with Crippen molar-refractivity contribution in [3.05, 3.63) is 46.3 Å². The lowest BCUT2D eigenvalue weighted by Gasteiger charge is -2.30. The first kappa shape index (κ1) is 18.0. The van der Waals surface area contributed by atoms with Crippen molar-refractivity contribution in [2.75, 3.05) is 17.2 Å². The Labute approximate surface area is 156 Å². The number of hydrogen-bond acceptors (Lipinski definition) is 5. The average Bonchev–Trinajstić information content (AvgIpc) is 3.12.